The van der Waals surface area contributed by atoms with Crippen LogP contribution in [0.5, 0.6) is 11.5 Å². The molecular weight excluding hydrogens is 354 g/mol. The highest BCUT2D eigenvalue weighted by molar-refractivity contribution is 9.10. The SMILES string of the molecule is C#CCOc1c(Br)cc(C=Nc2ccc(C)c(C)c2)cc1OC. The van der Waals surface area contributed by atoms with E-state index in [1.54, 1.807) is 13.3 Å². The predicted octanol–water partition coefficient (Wildman–Crippen LogP) is 4.84. The van der Waals surface area contributed by atoms with E-state index in [0.29, 0.717) is 11.5 Å². The number of hydrogen-bond acceptors (Lipinski definition) is 3. The number of nitrogens with zero attached hydrogens (tertiary/aromatic N) is 1. The smallest absolute Gasteiger partial charge is 0.176 e. The summed E-state index contributed by atoms with van der Waals surface area (Å²) in [5.74, 6) is 3.64. The summed E-state index contributed by atoms with van der Waals surface area (Å²) in [5.41, 5.74) is 4.29. The number of rotatable bonds is 5. The Morgan fingerprint density at radius 2 is 2.00 bits per heavy atom. The second-order valence-corrected chi connectivity index (χ2v) is 5.91. The van der Waals surface area contributed by atoms with Crippen molar-refractivity contribution < 1.29 is 9.47 Å². The second-order valence-electron chi connectivity index (χ2n) is 5.05. The van der Waals surface area contributed by atoms with E-state index >= 15 is 0 Å². The standard InChI is InChI=1S/C19H18BrNO2/c1-5-8-23-19-17(20)10-15(11-18(19)22-4)12-21-16-7-6-13(2)14(3)9-16/h1,6-7,9-12H,8H2,2-4H3. The molecule has 0 N–H and O–H groups in total. The van der Waals surface area contributed by atoms with Gasteiger partial charge in [0.05, 0.1) is 17.3 Å². The van der Waals surface area contributed by atoms with Gasteiger partial charge in [0.2, 0.25) is 0 Å². The van der Waals surface area contributed by atoms with E-state index in [0.717, 1.165) is 15.7 Å². The minimum atomic E-state index is 0.186. The van der Waals surface area contributed by atoms with Crippen LogP contribution in [0.15, 0.2) is 39.8 Å². The van der Waals surface area contributed by atoms with Gasteiger partial charge in [0, 0.05) is 6.21 Å². The molecule has 0 radical (unpaired) electrons. The molecule has 2 aromatic carbocycles. The van der Waals surface area contributed by atoms with Gasteiger partial charge in [0.25, 0.3) is 0 Å². The number of benzene rings is 2. The molecule has 0 unspecified atom stereocenters. The molecule has 2 aromatic rings. The Morgan fingerprint density at radius 1 is 1.22 bits per heavy atom. The summed E-state index contributed by atoms with van der Waals surface area (Å²) in [6, 6.07) is 9.90. The Hall–Kier alpha value is -2.25. The molecular formula is C19H18BrNO2. The third-order valence-electron chi connectivity index (χ3n) is 3.40. The number of aryl methyl sites for hydroxylation is 2. The van der Waals surface area contributed by atoms with E-state index in [2.05, 4.69) is 52.8 Å². The Bertz CT molecular complexity index is 776. The number of ether oxygens (including phenoxy) is 2. The quantitative estimate of drug-likeness (QED) is 0.556. The summed E-state index contributed by atoms with van der Waals surface area (Å²) < 4.78 is 11.6. The average Bonchev–Trinajstić information content (AvgIpc) is 2.54. The summed E-state index contributed by atoms with van der Waals surface area (Å²) in [6.07, 6.45) is 7.02. The van der Waals surface area contributed by atoms with Crippen molar-refractivity contribution in [3.8, 4) is 23.8 Å². The second kappa shape index (κ2) is 7.85. The molecule has 0 aromatic heterocycles. The molecule has 0 heterocycles. The zero-order valence-electron chi connectivity index (χ0n) is 13.4. The van der Waals surface area contributed by atoms with Gasteiger partial charge >= 0.3 is 0 Å². The van der Waals surface area contributed by atoms with Gasteiger partial charge in [-0.25, -0.2) is 0 Å². The molecule has 0 fully saturated rings. The van der Waals surface area contributed by atoms with Crippen molar-refractivity contribution in [2.24, 2.45) is 4.99 Å². The Labute approximate surface area is 145 Å². The molecule has 0 saturated heterocycles. The minimum absolute atomic E-state index is 0.186. The van der Waals surface area contributed by atoms with E-state index in [9.17, 15) is 0 Å². The van der Waals surface area contributed by atoms with E-state index in [-0.39, 0.29) is 6.61 Å². The first-order chi connectivity index (χ1) is 11.0. The predicted molar refractivity (Wildman–Crippen MR) is 98.2 cm³/mol. The summed E-state index contributed by atoms with van der Waals surface area (Å²) in [5, 5.41) is 0. The van der Waals surface area contributed by atoms with Crippen LogP contribution in [0.4, 0.5) is 5.69 Å². The van der Waals surface area contributed by atoms with Crippen molar-refractivity contribution in [3.05, 3.63) is 51.5 Å². The molecule has 0 saturated carbocycles. The number of halogens is 1. The monoisotopic (exact) mass is 371 g/mol. The summed E-state index contributed by atoms with van der Waals surface area (Å²) in [6.45, 7) is 4.34. The zero-order chi connectivity index (χ0) is 16.8. The molecule has 0 amide bonds. The molecule has 0 aliphatic heterocycles. The largest absolute Gasteiger partial charge is 0.493 e. The topological polar surface area (TPSA) is 30.8 Å². The molecule has 0 atom stereocenters. The van der Waals surface area contributed by atoms with Gasteiger partial charge in [-0.15, -0.1) is 6.42 Å². The fraction of sp³-hybridized carbons (Fsp3) is 0.211. The van der Waals surface area contributed by atoms with Crippen molar-refractivity contribution in [3.63, 3.8) is 0 Å². The number of terminal acetylenes is 1. The number of hydrogen-bond donors (Lipinski definition) is 0. The van der Waals surface area contributed by atoms with Crippen LogP contribution in [-0.2, 0) is 0 Å². The Balaban J connectivity index is 2.29. The highest BCUT2D eigenvalue weighted by Gasteiger charge is 2.10. The van der Waals surface area contributed by atoms with Crippen molar-refractivity contribution in [2.45, 2.75) is 13.8 Å². The highest BCUT2D eigenvalue weighted by Crippen LogP contribution is 2.36. The highest BCUT2D eigenvalue weighted by atomic mass is 79.9. The number of aliphatic imine (C=N–C) groups is 1. The average molecular weight is 372 g/mol. The van der Waals surface area contributed by atoms with Crippen molar-refractivity contribution in [1.29, 1.82) is 0 Å². The molecule has 4 heteroatoms. The summed E-state index contributed by atoms with van der Waals surface area (Å²) in [4.78, 5) is 4.51. The van der Waals surface area contributed by atoms with Crippen molar-refractivity contribution >= 4 is 27.8 Å². The van der Waals surface area contributed by atoms with Crippen LogP contribution in [0.25, 0.3) is 0 Å². The molecule has 23 heavy (non-hydrogen) atoms. The first-order valence-electron chi connectivity index (χ1n) is 7.10. The van der Waals surface area contributed by atoms with Crippen LogP contribution in [-0.4, -0.2) is 19.9 Å². The maximum atomic E-state index is 5.50. The molecule has 3 nitrogen and oxygen atoms in total. The molecule has 0 spiro atoms. The van der Waals surface area contributed by atoms with E-state index in [1.807, 2.05) is 18.2 Å². The van der Waals surface area contributed by atoms with Crippen molar-refractivity contribution in [1.82, 2.24) is 0 Å². The van der Waals surface area contributed by atoms with Gasteiger partial charge in [-0.05, 0) is 70.7 Å². The van der Waals surface area contributed by atoms with Gasteiger partial charge in [-0.2, -0.15) is 0 Å². The van der Waals surface area contributed by atoms with Crippen LogP contribution in [0, 0.1) is 26.2 Å². The minimum Gasteiger partial charge on any atom is -0.493 e. The van der Waals surface area contributed by atoms with Gasteiger partial charge in [-0.1, -0.05) is 12.0 Å². The zero-order valence-corrected chi connectivity index (χ0v) is 15.0. The molecule has 2 rings (SSSR count). The van der Waals surface area contributed by atoms with Crippen LogP contribution < -0.4 is 9.47 Å². The third kappa shape index (κ3) is 4.37. The van der Waals surface area contributed by atoms with E-state index in [4.69, 9.17) is 15.9 Å². The van der Waals surface area contributed by atoms with E-state index < -0.39 is 0 Å². The van der Waals surface area contributed by atoms with Crippen LogP contribution in [0.1, 0.15) is 16.7 Å². The van der Waals surface area contributed by atoms with Crippen LogP contribution >= 0.6 is 15.9 Å². The maximum Gasteiger partial charge on any atom is 0.176 e. The lowest BCUT2D eigenvalue weighted by molar-refractivity contribution is 0.329. The third-order valence-corrected chi connectivity index (χ3v) is 3.99. The van der Waals surface area contributed by atoms with E-state index in [1.165, 1.54) is 11.1 Å². The fourth-order valence-corrected chi connectivity index (χ4v) is 2.60. The van der Waals surface area contributed by atoms with Crippen LogP contribution in [0.2, 0.25) is 0 Å². The van der Waals surface area contributed by atoms with Crippen LogP contribution in [0.3, 0.4) is 0 Å². The normalized spacial score (nSPS) is 10.6. The van der Waals surface area contributed by atoms with Gasteiger partial charge < -0.3 is 9.47 Å². The molecule has 0 bridgehead atoms. The molecule has 0 aliphatic carbocycles. The Morgan fingerprint density at radius 3 is 2.65 bits per heavy atom. The Kier molecular flexibility index (Phi) is 5.84. The first-order valence-corrected chi connectivity index (χ1v) is 7.89. The summed E-state index contributed by atoms with van der Waals surface area (Å²) in [7, 11) is 1.59. The van der Waals surface area contributed by atoms with Gasteiger partial charge in [0.15, 0.2) is 11.5 Å². The van der Waals surface area contributed by atoms with Gasteiger partial charge in [0.1, 0.15) is 6.61 Å². The molecule has 0 aliphatic rings. The lowest BCUT2D eigenvalue weighted by Crippen LogP contribution is -1.98. The summed E-state index contributed by atoms with van der Waals surface area (Å²) >= 11 is 3.48. The molecule has 118 valence electrons. The van der Waals surface area contributed by atoms with Crippen molar-refractivity contribution in [2.75, 3.05) is 13.7 Å². The fourth-order valence-electron chi connectivity index (χ4n) is 2.02. The lowest BCUT2D eigenvalue weighted by atomic mass is 10.1. The lowest BCUT2D eigenvalue weighted by Gasteiger charge is -2.11. The van der Waals surface area contributed by atoms with Gasteiger partial charge in [-0.3, -0.25) is 4.99 Å². The first kappa shape index (κ1) is 17.1. The maximum absolute atomic E-state index is 5.50. The number of methoxy groups -OCH3 is 1.